The van der Waals surface area contributed by atoms with Crippen LogP contribution >= 0.6 is 11.6 Å². The molecule has 2 fully saturated rings. The van der Waals surface area contributed by atoms with Crippen LogP contribution in [0.5, 0.6) is 0 Å². The molecule has 1 saturated carbocycles. The number of nitrogens with one attached hydrogen (secondary N) is 1. The Morgan fingerprint density at radius 2 is 1.92 bits per heavy atom. The van der Waals surface area contributed by atoms with Gasteiger partial charge in [0.2, 0.25) is 5.91 Å². The SMILES string of the molecule is C[C@@H]1CCCC[C@H]1NC(=O)CN1CCN(Cc2ccccc2Cl)C1=O. The topological polar surface area (TPSA) is 52.7 Å². The summed E-state index contributed by atoms with van der Waals surface area (Å²) < 4.78 is 0. The van der Waals surface area contributed by atoms with Gasteiger partial charge in [-0.2, -0.15) is 0 Å². The van der Waals surface area contributed by atoms with Crippen molar-refractivity contribution in [1.82, 2.24) is 15.1 Å². The van der Waals surface area contributed by atoms with Crippen molar-refractivity contribution in [3.63, 3.8) is 0 Å². The molecule has 1 aliphatic heterocycles. The number of benzene rings is 1. The normalized spacial score (nSPS) is 23.8. The van der Waals surface area contributed by atoms with Gasteiger partial charge in [-0.3, -0.25) is 4.79 Å². The van der Waals surface area contributed by atoms with Crippen molar-refractivity contribution in [2.45, 2.75) is 45.2 Å². The molecule has 1 aliphatic carbocycles. The number of carbonyl (C=O) groups is 2. The molecule has 0 spiro atoms. The summed E-state index contributed by atoms with van der Waals surface area (Å²) in [6.07, 6.45) is 4.62. The van der Waals surface area contributed by atoms with E-state index >= 15 is 0 Å². The number of hydrogen-bond acceptors (Lipinski definition) is 2. The Balaban J connectivity index is 1.51. The summed E-state index contributed by atoms with van der Waals surface area (Å²) >= 11 is 6.18. The molecule has 25 heavy (non-hydrogen) atoms. The number of carbonyl (C=O) groups excluding carboxylic acids is 2. The molecule has 1 N–H and O–H groups in total. The number of nitrogens with zero attached hydrogens (tertiary/aromatic N) is 2. The molecule has 6 heteroatoms. The molecule has 1 aromatic carbocycles. The summed E-state index contributed by atoms with van der Waals surface area (Å²) in [5, 5.41) is 3.78. The van der Waals surface area contributed by atoms with Crippen LogP contribution in [0.4, 0.5) is 4.79 Å². The van der Waals surface area contributed by atoms with E-state index < -0.39 is 0 Å². The molecule has 0 bridgehead atoms. The highest BCUT2D eigenvalue weighted by Gasteiger charge is 2.31. The van der Waals surface area contributed by atoms with Crippen LogP contribution in [0.1, 0.15) is 38.2 Å². The van der Waals surface area contributed by atoms with E-state index in [9.17, 15) is 9.59 Å². The third-order valence-electron chi connectivity index (χ3n) is 5.29. The van der Waals surface area contributed by atoms with Gasteiger partial charge in [0.25, 0.3) is 0 Å². The van der Waals surface area contributed by atoms with Crippen LogP contribution in [0, 0.1) is 5.92 Å². The lowest BCUT2D eigenvalue weighted by Gasteiger charge is -2.30. The Morgan fingerprint density at radius 1 is 1.20 bits per heavy atom. The molecule has 0 unspecified atom stereocenters. The van der Waals surface area contributed by atoms with Gasteiger partial charge in [-0.05, 0) is 30.4 Å². The molecule has 3 rings (SSSR count). The lowest BCUT2D eigenvalue weighted by molar-refractivity contribution is -0.122. The molecule has 2 aliphatic rings. The van der Waals surface area contributed by atoms with Gasteiger partial charge in [0.05, 0.1) is 0 Å². The fourth-order valence-corrected chi connectivity index (χ4v) is 3.91. The first-order chi connectivity index (χ1) is 12.0. The van der Waals surface area contributed by atoms with Gasteiger partial charge in [-0.15, -0.1) is 0 Å². The molecular weight excluding hydrogens is 338 g/mol. The van der Waals surface area contributed by atoms with Crippen molar-refractivity contribution in [2.75, 3.05) is 19.6 Å². The van der Waals surface area contributed by atoms with Crippen LogP contribution in [0.15, 0.2) is 24.3 Å². The van der Waals surface area contributed by atoms with Gasteiger partial charge in [0.15, 0.2) is 0 Å². The monoisotopic (exact) mass is 363 g/mol. The first-order valence-corrected chi connectivity index (χ1v) is 9.49. The van der Waals surface area contributed by atoms with E-state index in [2.05, 4.69) is 12.2 Å². The summed E-state index contributed by atoms with van der Waals surface area (Å²) in [5.41, 5.74) is 0.930. The van der Waals surface area contributed by atoms with Crippen LogP contribution in [-0.2, 0) is 11.3 Å². The Labute approximate surface area is 154 Å². The molecule has 5 nitrogen and oxygen atoms in total. The Morgan fingerprint density at radius 3 is 2.68 bits per heavy atom. The van der Waals surface area contributed by atoms with E-state index in [1.54, 1.807) is 9.80 Å². The van der Waals surface area contributed by atoms with Crippen LogP contribution in [0.2, 0.25) is 5.02 Å². The van der Waals surface area contributed by atoms with E-state index in [1.165, 1.54) is 19.3 Å². The first-order valence-electron chi connectivity index (χ1n) is 9.11. The van der Waals surface area contributed by atoms with Crippen LogP contribution in [0.25, 0.3) is 0 Å². The van der Waals surface area contributed by atoms with Gasteiger partial charge in [0, 0.05) is 30.7 Å². The van der Waals surface area contributed by atoms with Crippen molar-refractivity contribution in [1.29, 1.82) is 0 Å². The maximum absolute atomic E-state index is 12.5. The highest BCUT2D eigenvalue weighted by molar-refractivity contribution is 6.31. The lowest BCUT2D eigenvalue weighted by Crippen LogP contribution is -2.46. The van der Waals surface area contributed by atoms with Crippen molar-refractivity contribution in [3.05, 3.63) is 34.9 Å². The average Bonchev–Trinajstić information content (AvgIpc) is 2.92. The summed E-state index contributed by atoms with van der Waals surface area (Å²) in [6, 6.07) is 7.70. The summed E-state index contributed by atoms with van der Waals surface area (Å²) in [4.78, 5) is 28.2. The molecule has 1 saturated heterocycles. The number of halogens is 1. The third kappa shape index (κ3) is 4.46. The standard InChI is InChI=1S/C19H26ClN3O2/c1-14-6-2-5-9-17(14)21-18(24)13-23-11-10-22(19(23)25)12-15-7-3-4-8-16(15)20/h3-4,7-8,14,17H,2,5-6,9-13H2,1H3,(H,21,24)/t14-,17-/m1/s1. The second-order valence-corrected chi connectivity index (χ2v) is 7.56. The lowest BCUT2D eigenvalue weighted by atomic mass is 9.86. The highest BCUT2D eigenvalue weighted by Crippen LogP contribution is 2.24. The molecule has 1 heterocycles. The predicted octanol–water partition coefficient (Wildman–Crippen LogP) is 3.27. The minimum absolute atomic E-state index is 0.0494. The zero-order valence-corrected chi connectivity index (χ0v) is 15.5. The smallest absolute Gasteiger partial charge is 0.320 e. The molecule has 3 amide bonds. The maximum atomic E-state index is 12.5. The van der Waals surface area contributed by atoms with Crippen molar-refractivity contribution < 1.29 is 9.59 Å². The Bertz CT molecular complexity index is 637. The Kier molecular flexibility index (Phi) is 5.84. The van der Waals surface area contributed by atoms with E-state index in [1.807, 2.05) is 24.3 Å². The number of amides is 3. The van der Waals surface area contributed by atoms with E-state index in [0.717, 1.165) is 12.0 Å². The average molecular weight is 364 g/mol. The number of rotatable bonds is 5. The van der Waals surface area contributed by atoms with Gasteiger partial charge in [-0.1, -0.05) is 49.6 Å². The van der Waals surface area contributed by atoms with Gasteiger partial charge in [-0.25, -0.2) is 4.79 Å². The largest absolute Gasteiger partial charge is 0.352 e. The summed E-state index contributed by atoms with van der Waals surface area (Å²) in [6.45, 7) is 4.02. The van der Waals surface area contributed by atoms with Gasteiger partial charge in [0.1, 0.15) is 6.54 Å². The Hall–Kier alpha value is -1.75. The molecule has 136 valence electrons. The quantitative estimate of drug-likeness (QED) is 0.872. The van der Waals surface area contributed by atoms with Crippen molar-refractivity contribution in [2.24, 2.45) is 5.92 Å². The van der Waals surface area contributed by atoms with Gasteiger partial charge >= 0.3 is 6.03 Å². The second-order valence-electron chi connectivity index (χ2n) is 7.15. The van der Waals surface area contributed by atoms with Crippen LogP contribution in [-0.4, -0.2) is 47.4 Å². The maximum Gasteiger partial charge on any atom is 0.320 e. The number of urea groups is 1. The van der Waals surface area contributed by atoms with Crippen LogP contribution in [0.3, 0.4) is 0 Å². The van der Waals surface area contributed by atoms with E-state index in [0.29, 0.717) is 30.6 Å². The van der Waals surface area contributed by atoms with Crippen LogP contribution < -0.4 is 5.32 Å². The van der Waals surface area contributed by atoms with E-state index in [4.69, 9.17) is 11.6 Å². The summed E-state index contributed by atoms with van der Waals surface area (Å²) in [7, 11) is 0. The highest BCUT2D eigenvalue weighted by atomic mass is 35.5. The fraction of sp³-hybridized carbons (Fsp3) is 0.579. The molecule has 1 aromatic rings. The van der Waals surface area contributed by atoms with Crippen molar-refractivity contribution in [3.8, 4) is 0 Å². The number of hydrogen-bond donors (Lipinski definition) is 1. The third-order valence-corrected chi connectivity index (χ3v) is 5.66. The summed E-state index contributed by atoms with van der Waals surface area (Å²) in [5.74, 6) is 0.468. The van der Waals surface area contributed by atoms with E-state index in [-0.39, 0.29) is 24.5 Å². The first kappa shape index (κ1) is 18.1. The molecular formula is C19H26ClN3O2. The zero-order valence-electron chi connectivity index (χ0n) is 14.7. The second kappa shape index (κ2) is 8.09. The zero-order chi connectivity index (χ0) is 17.8. The fourth-order valence-electron chi connectivity index (χ4n) is 3.71. The van der Waals surface area contributed by atoms with Gasteiger partial charge < -0.3 is 15.1 Å². The molecule has 0 radical (unpaired) electrons. The molecule has 2 atom stereocenters. The minimum atomic E-state index is -0.0910. The molecule has 0 aromatic heterocycles. The van der Waals surface area contributed by atoms with Crippen molar-refractivity contribution >= 4 is 23.5 Å². The predicted molar refractivity (Wildman–Crippen MR) is 98.4 cm³/mol. The minimum Gasteiger partial charge on any atom is -0.352 e.